The number of nitrogens with zero attached hydrogens (tertiary/aromatic N) is 1. The summed E-state index contributed by atoms with van der Waals surface area (Å²) in [6.45, 7) is 0. The number of fused-ring (bicyclic) bond motifs is 1. The van der Waals surface area contributed by atoms with Crippen LogP contribution in [0.25, 0.3) is 32.7 Å². The van der Waals surface area contributed by atoms with Crippen LogP contribution in [-0.2, 0) is 0 Å². The number of carbonyl (C=O) groups is 1. The Morgan fingerprint density at radius 1 is 0.929 bits per heavy atom. The van der Waals surface area contributed by atoms with E-state index in [1.807, 2.05) is 48.6 Å². The Balaban J connectivity index is 1.56. The van der Waals surface area contributed by atoms with Crippen LogP contribution in [0.4, 0.5) is 0 Å². The summed E-state index contributed by atoms with van der Waals surface area (Å²) >= 11 is 1.71. The molecule has 3 aromatic carbocycles. The van der Waals surface area contributed by atoms with Crippen molar-refractivity contribution in [1.82, 2.24) is 0 Å². The van der Waals surface area contributed by atoms with Crippen LogP contribution in [0, 0.1) is 11.3 Å². The van der Waals surface area contributed by atoms with Gasteiger partial charge in [-0.2, -0.15) is 5.26 Å². The zero-order valence-corrected chi connectivity index (χ0v) is 15.6. The lowest BCUT2D eigenvalue weighted by molar-refractivity contribution is 0.0697. The molecule has 0 aliphatic carbocycles. The van der Waals surface area contributed by atoms with Gasteiger partial charge in [0.2, 0.25) is 0 Å². The summed E-state index contributed by atoms with van der Waals surface area (Å²) in [7, 11) is 0. The maximum atomic E-state index is 11.1. The van der Waals surface area contributed by atoms with Gasteiger partial charge in [0.05, 0.1) is 17.2 Å². The van der Waals surface area contributed by atoms with Crippen LogP contribution in [0.3, 0.4) is 0 Å². The van der Waals surface area contributed by atoms with Crippen molar-refractivity contribution in [2.24, 2.45) is 0 Å². The van der Waals surface area contributed by atoms with Gasteiger partial charge in [-0.1, -0.05) is 48.6 Å². The van der Waals surface area contributed by atoms with Crippen molar-refractivity contribution >= 4 is 39.5 Å². The summed E-state index contributed by atoms with van der Waals surface area (Å²) < 4.78 is 1.16. The number of carboxylic acids is 1. The fourth-order valence-corrected chi connectivity index (χ4v) is 4.03. The van der Waals surface area contributed by atoms with Crippen molar-refractivity contribution in [2.45, 2.75) is 0 Å². The van der Waals surface area contributed by atoms with E-state index in [-0.39, 0.29) is 5.56 Å². The van der Waals surface area contributed by atoms with Crippen LogP contribution < -0.4 is 0 Å². The lowest BCUT2D eigenvalue weighted by atomic mass is 10.1. The largest absolute Gasteiger partial charge is 0.478 e. The Morgan fingerprint density at radius 2 is 1.71 bits per heavy atom. The monoisotopic (exact) mass is 381 g/mol. The van der Waals surface area contributed by atoms with Gasteiger partial charge >= 0.3 is 5.97 Å². The van der Waals surface area contributed by atoms with E-state index < -0.39 is 5.97 Å². The molecular weight excluding hydrogens is 366 g/mol. The number of rotatable bonds is 4. The minimum Gasteiger partial charge on any atom is -0.478 e. The highest BCUT2D eigenvalue weighted by Crippen LogP contribution is 2.34. The number of benzene rings is 3. The van der Waals surface area contributed by atoms with Crippen LogP contribution >= 0.6 is 11.3 Å². The first-order valence-electron chi connectivity index (χ1n) is 8.68. The van der Waals surface area contributed by atoms with Gasteiger partial charge in [-0.05, 0) is 58.5 Å². The summed E-state index contributed by atoms with van der Waals surface area (Å²) in [6, 6.07) is 25.1. The predicted octanol–water partition coefficient (Wildman–Crippen LogP) is 6.31. The van der Waals surface area contributed by atoms with Crippen molar-refractivity contribution in [2.75, 3.05) is 0 Å². The first-order valence-corrected chi connectivity index (χ1v) is 9.49. The molecule has 28 heavy (non-hydrogen) atoms. The van der Waals surface area contributed by atoms with Crippen LogP contribution in [0.1, 0.15) is 27.0 Å². The zero-order chi connectivity index (χ0) is 19.5. The molecule has 0 saturated carbocycles. The second-order valence-electron chi connectivity index (χ2n) is 6.36. The van der Waals surface area contributed by atoms with Crippen molar-refractivity contribution in [3.8, 4) is 16.5 Å². The summed E-state index contributed by atoms with van der Waals surface area (Å²) in [6.07, 6.45) is 3.87. The van der Waals surface area contributed by atoms with E-state index >= 15 is 0 Å². The molecule has 4 aromatic rings. The Hall–Kier alpha value is -3.68. The van der Waals surface area contributed by atoms with E-state index in [0.717, 1.165) is 31.7 Å². The molecule has 0 amide bonds. The molecule has 0 aliphatic rings. The highest BCUT2D eigenvalue weighted by molar-refractivity contribution is 7.22. The first kappa shape index (κ1) is 17.7. The van der Waals surface area contributed by atoms with Gasteiger partial charge in [0.15, 0.2) is 0 Å². The van der Waals surface area contributed by atoms with E-state index in [9.17, 15) is 4.79 Å². The normalized spacial score (nSPS) is 11.0. The van der Waals surface area contributed by atoms with E-state index in [1.54, 1.807) is 29.5 Å². The molecule has 0 saturated heterocycles. The van der Waals surface area contributed by atoms with Gasteiger partial charge in [-0.15, -0.1) is 11.3 Å². The van der Waals surface area contributed by atoms with Gasteiger partial charge < -0.3 is 5.11 Å². The van der Waals surface area contributed by atoms with Crippen molar-refractivity contribution in [3.05, 3.63) is 95.1 Å². The van der Waals surface area contributed by atoms with Crippen LogP contribution in [0.2, 0.25) is 0 Å². The standard InChI is InChI=1S/C24H15NO2S/c25-15-18-8-11-22-21(13-18)14-23(28-22)19-9-6-16(7-10-19)4-5-17-2-1-3-20(12-17)24(26)27/h1-14H,(H,26,27). The number of thiophene rings is 1. The zero-order valence-electron chi connectivity index (χ0n) is 14.8. The van der Waals surface area contributed by atoms with Gasteiger partial charge in [-0.3, -0.25) is 0 Å². The molecule has 1 aromatic heterocycles. The maximum absolute atomic E-state index is 11.1. The van der Waals surface area contributed by atoms with Crippen molar-refractivity contribution in [1.29, 1.82) is 5.26 Å². The molecule has 0 bridgehead atoms. The molecule has 1 heterocycles. The molecular formula is C24H15NO2S. The Bertz CT molecular complexity index is 1240. The van der Waals surface area contributed by atoms with Crippen LogP contribution in [0.5, 0.6) is 0 Å². The number of hydrogen-bond donors (Lipinski definition) is 1. The molecule has 0 spiro atoms. The maximum Gasteiger partial charge on any atom is 0.335 e. The molecule has 0 radical (unpaired) electrons. The molecule has 4 rings (SSSR count). The number of carboxylic acid groups (broad SMARTS) is 1. The van der Waals surface area contributed by atoms with Crippen molar-refractivity contribution in [3.63, 3.8) is 0 Å². The second kappa shape index (κ2) is 7.51. The summed E-state index contributed by atoms with van der Waals surface area (Å²) in [5, 5.41) is 19.2. The summed E-state index contributed by atoms with van der Waals surface area (Å²) in [5.41, 5.74) is 3.97. The van der Waals surface area contributed by atoms with Gasteiger partial charge in [0, 0.05) is 9.58 Å². The molecule has 0 fully saturated rings. The Labute approximate surface area is 166 Å². The topological polar surface area (TPSA) is 61.1 Å². The second-order valence-corrected chi connectivity index (χ2v) is 7.44. The Kier molecular flexibility index (Phi) is 4.76. The molecule has 4 heteroatoms. The minimum absolute atomic E-state index is 0.279. The molecule has 3 nitrogen and oxygen atoms in total. The third-order valence-electron chi connectivity index (χ3n) is 4.44. The summed E-state index contributed by atoms with van der Waals surface area (Å²) in [5.74, 6) is -0.926. The average molecular weight is 381 g/mol. The molecule has 134 valence electrons. The number of hydrogen-bond acceptors (Lipinski definition) is 3. The quantitative estimate of drug-likeness (QED) is 0.421. The lowest BCUT2D eigenvalue weighted by Crippen LogP contribution is -1.95. The van der Waals surface area contributed by atoms with Gasteiger partial charge in [-0.25, -0.2) is 4.79 Å². The first-order chi connectivity index (χ1) is 13.6. The highest BCUT2D eigenvalue weighted by atomic mass is 32.1. The third kappa shape index (κ3) is 3.71. The van der Waals surface area contributed by atoms with E-state index in [2.05, 4.69) is 24.3 Å². The molecule has 0 aliphatic heterocycles. The molecule has 0 unspecified atom stereocenters. The predicted molar refractivity (Wildman–Crippen MR) is 114 cm³/mol. The Morgan fingerprint density at radius 3 is 2.46 bits per heavy atom. The highest BCUT2D eigenvalue weighted by Gasteiger charge is 2.05. The molecule has 1 N–H and O–H groups in total. The van der Waals surface area contributed by atoms with Gasteiger partial charge in [0.25, 0.3) is 0 Å². The molecule has 0 atom stereocenters. The fraction of sp³-hybridized carbons (Fsp3) is 0. The number of nitriles is 1. The average Bonchev–Trinajstić information content (AvgIpc) is 3.16. The summed E-state index contributed by atoms with van der Waals surface area (Å²) in [4.78, 5) is 12.2. The minimum atomic E-state index is -0.926. The van der Waals surface area contributed by atoms with Gasteiger partial charge in [0.1, 0.15) is 0 Å². The third-order valence-corrected chi connectivity index (χ3v) is 5.61. The van der Waals surface area contributed by atoms with Crippen LogP contribution in [0.15, 0.2) is 72.8 Å². The smallest absolute Gasteiger partial charge is 0.335 e. The fourth-order valence-electron chi connectivity index (χ4n) is 2.98. The van der Waals surface area contributed by atoms with Crippen LogP contribution in [-0.4, -0.2) is 11.1 Å². The van der Waals surface area contributed by atoms with E-state index in [0.29, 0.717) is 5.56 Å². The van der Waals surface area contributed by atoms with E-state index in [4.69, 9.17) is 10.4 Å². The number of aromatic carboxylic acids is 1. The van der Waals surface area contributed by atoms with Crippen molar-refractivity contribution < 1.29 is 9.90 Å². The lowest BCUT2D eigenvalue weighted by Gasteiger charge is -2.00. The SMILES string of the molecule is N#Cc1ccc2sc(-c3ccc(C=Cc4cccc(C(=O)O)c4)cc3)cc2c1. The van der Waals surface area contributed by atoms with E-state index in [1.165, 1.54) is 0 Å².